The Labute approximate surface area is 95.7 Å². The zero-order chi connectivity index (χ0) is 11.8. The molecule has 0 aromatic heterocycles. The molecule has 1 unspecified atom stereocenters. The number of amides is 2. The van der Waals surface area contributed by atoms with E-state index < -0.39 is 0 Å². The number of carbonyl (C=O) groups is 1. The summed E-state index contributed by atoms with van der Waals surface area (Å²) in [6.45, 7) is 2.52. The third kappa shape index (κ3) is 3.90. The van der Waals surface area contributed by atoms with Gasteiger partial charge in [-0.3, -0.25) is 0 Å². The second-order valence-corrected chi connectivity index (χ2v) is 3.55. The first-order valence-corrected chi connectivity index (χ1v) is 5.48. The molecule has 0 heterocycles. The molecule has 16 heavy (non-hydrogen) atoms. The van der Waals surface area contributed by atoms with Crippen LogP contribution in [0, 0.1) is 0 Å². The van der Waals surface area contributed by atoms with E-state index in [1.54, 1.807) is 0 Å². The number of aliphatic hydroxyl groups is 1. The number of benzene rings is 1. The first-order chi connectivity index (χ1) is 7.77. The third-order valence-corrected chi connectivity index (χ3v) is 2.23. The highest BCUT2D eigenvalue weighted by atomic mass is 16.3. The van der Waals surface area contributed by atoms with Crippen molar-refractivity contribution in [2.45, 2.75) is 19.4 Å². The van der Waals surface area contributed by atoms with Gasteiger partial charge in [-0.2, -0.15) is 0 Å². The molecule has 1 aromatic rings. The Bertz CT molecular complexity index is 314. The third-order valence-electron chi connectivity index (χ3n) is 2.23. The van der Waals surface area contributed by atoms with Crippen molar-refractivity contribution < 1.29 is 9.90 Å². The van der Waals surface area contributed by atoms with Gasteiger partial charge in [0.05, 0.1) is 12.6 Å². The molecule has 0 spiro atoms. The molecular formula is C12H18N2O2. The predicted molar refractivity (Wildman–Crippen MR) is 63.1 cm³/mol. The van der Waals surface area contributed by atoms with Crippen molar-refractivity contribution in [3.05, 3.63) is 35.9 Å². The SMILES string of the molecule is CCCNC(=O)NC(CO)c1ccccc1. The summed E-state index contributed by atoms with van der Waals surface area (Å²) in [5.74, 6) is 0. The highest BCUT2D eigenvalue weighted by Gasteiger charge is 2.12. The van der Waals surface area contributed by atoms with Crippen LogP contribution >= 0.6 is 0 Å². The number of urea groups is 1. The molecule has 2 amide bonds. The van der Waals surface area contributed by atoms with Crippen LogP contribution in [0.3, 0.4) is 0 Å². The molecule has 0 bridgehead atoms. The van der Waals surface area contributed by atoms with Crippen LogP contribution in [0.25, 0.3) is 0 Å². The van der Waals surface area contributed by atoms with Gasteiger partial charge in [0.1, 0.15) is 0 Å². The van der Waals surface area contributed by atoms with Crippen molar-refractivity contribution in [2.75, 3.05) is 13.2 Å². The molecule has 0 aliphatic heterocycles. The van der Waals surface area contributed by atoms with E-state index in [1.807, 2.05) is 37.3 Å². The minimum Gasteiger partial charge on any atom is -0.394 e. The molecule has 3 N–H and O–H groups in total. The molecule has 0 radical (unpaired) electrons. The first kappa shape index (κ1) is 12.5. The summed E-state index contributed by atoms with van der Waals surface area (Å²) in [5, 5.41) is 14.6. The Kier molecular flexibility index (Phi) is 5.36. The van der Waals surface area contributed by atoms with Crippen LogP contribution in [0.5, 0.6) is 0 Å². The lowest BCUT2D eigenvalue weighted by Gasteiger charge is -2.16. The summed E-state index contributed by atoms with van der Waals surface area (Å²) in [7, 11) is 0. The topological polar surface area (TPSA) is 61.4 Å². The Hall–Kier alpha value is -1.55. The average molecular weight is 222 g/mol. The van der Waals surface area contributed by atoms with Gasteiger partial charge in [-0.15, -0.1) is 0 Å². The summed E-state index contributed by atoms with van der Waals surface area (Å²) in [6, 6.07) is 8.81. The second kappa shape index (κ2) is 6.85. The van der Waals surface area contributed by atoms with E-state index in [0.717, 1.165) is 12.0 Å². The minimum absolute atomic E-state index is 0.108. The Morgan fingerprint density at radius 1 is 1.38 bits per heavy atom. The van der Waals surface area contributed by atoms with E-state index in [0.29, 0.717) is 6.54 Å². The van der Waals surface area contributed by atoms with Crippen LogP contribution in [0.15, 0.2) is 30.3 Å². The zero-order valence-corrected chi connectivity index (χ0v) is 9.44. The molecule has 1 atom stereocenters. The van der Waals surface area contributed by atoms with E-state index in [9.17, 15) is 9.90 Å². The van der Waals surface area contributed by atoms with E-state index >= 15 is 0 Å². The Morgan fingerprint density at radius 2 is 2.06 bits per heavy atom. The van der Waals surface area contributed by atoms with Gasteiger partial charge in [0.2, 0.25) is 0 Å². The monoisotopic (exact) mass is 222 g/mol. The van der Waals surface area contributed by atoms with Crippen LogP contribution < -0.4 is 10.6 Å². The number of carbonyl (C=O) groups excluding carboxylic acids is 1. The molecule has 1 rings (SSSR count). The maximum Gasteiger partial charge on any atom is 0.315 e. The number of hydrogen-bond donors (Lipinski definition) is 3. The summed E-state index contributed by atoms with van der Waals surface area (Å²) in [6.07, 6.45) is 0.891. The molecule has 0 aliphatic rings. The van der Waals surface area contributed by atoms with Crippen LogP contribution in [-0.4, -0.2) is 24.3 Å². The van der Waals surface area contributed by atoms with Crippen molar-refractivity contribution in [2.24, 2.45) is 0 Å². The van der Waals surface area contributed by atoms with Crippen molar-refractivity contribution in [3.8, 4) is 0 Å². The smallest absolute Gasteiger partial charge is 0.315 e. The summed E-state index contributed by atoms with van der Waals surface area (Å²) < 4.78 is 0. The molecule has 4 heteroatoms. The lowest BCUT2D eigenvalue weighted by atomic mass is 10.1. The average Bonchev–Trinajstić information content (AvgIpc) is 2.34. The van der Waals surface area contributed by atoms with Gasteiger partial charge in [0.15, 0.2) is 0 Å². The molecular weight excluding hydrogens is 204 g/mol. The Balaban J connectivity index is 2.52. The minimum atomic E-state index is -0.349. The first-order valence-electron chi connectivity index (χ1n) is 5.48. The van der Waals surface area contributed by atoms with Gasteiger partial charge in [-0.1, -0.05) is 37.3 Å². The fraction of sp³-hybridized carbons (Fsp3) is 0.417. The fourth-order valence-corrected chi connectivity index (χ4v) is 1.37. The quantitative estimate of drug-likeness (QED) is 0.705. The predicted octanol–water partition coefficient (Wildman–Crippen LogP) is 1.43. The number of hydrogen-bond acceptors (Lipinski definition) is 2. The highest BCUT2D eigenvalue weighted by Crippen LogP contribution is 2.10. The summed E-state index contributed by atoms with van der Waals surface area (Å²) in [5.41, 5.74) is 0.900. The van der Waals surface area contributed by atoms with Crippen LogP contribution in [0.4, 0.5) is 4.79 Å². The van der Waals surface area contributed by atoms with Gasteiger partial charge < -0.3 is 15.7 Å². The fourth-order valence-electron chi connectivity index (χ4n) is 1.37. The number of nitrogens with one attached hydrogen (secondary N) is 2. The largest absolute Gasteiger partial charge is 0.394 e. The van der Waals surface area contributed by atoms with Gasteiger partial charge in [-0.05, 0) is 12.0 Å². The molecule has 88 valence electrons. The highest BCUT2D eigenvalue weighted by molar-refractivity contribution is 5.74. The van der Waals surface area contributed by atoms with Crippen molar-refractivity contribution >= 4 is 6.03 Å². The maximum absolute atomic E-state index is 11.4. The summed E-state index contributed by atoms with van der Waals surface area (Å²) >= 11 is 0. The van der Waals surface area contributed by atoms with Crippen LogP contribution in [0.1, 0.15) is 24.9 Å². The normalized spacial score (nSPS) is 11.9. The molecule has 0 saturated heterocycles. The zero-order valence-electron chi connectivity index (χ0n) is 9.44. The molecule has 0 aliphatic carbocycles. The van der Waals surface area contributed by atoms with Crippen molar-refractivity contribution in [3.63, 3.8) is 0 Å². The summed E-state index contributed by atoms with van der Waals surface area (Å²) in [4.78, 5) is 11.4. The van der Waals surface area contributed by atoms with Gasteiger partial charge in [0.25, 0.3) is 0 Å². The van der Waals surface area contributed by atoms with E-state index in [1.165, 1.54) is 0 Å². The molecule has 0 fully saturated rings. The van der Waals surface area contributed by atoms with Crippen LogP contribution in [0.2, 0.25) is 0 Å². The lowest BCUT2D eigenvalue weighted by molar-refractivity contribution is 0.217. The van der Waals surface area contributed by atoms with Crippen LogP contribution in [-0.2, 0) is 0 Å². The van der Waals surface area contributed by atoms with E-state index in [4.69, 9.17) is 0 Å². The van der Waals surface area contributed by atoms with E-state index in [-0.39, 0.29) is 18.7 Å². The molecule has 4 nitrogen and oxygen atoms in total. The van der Waals surface area contributed by atoms with Gasteiger partial charge in [0, 0.05) is 6.54 Å². The van der Waals surface area contributed by atoms with Crippen molar-refractivity contribution in [1.82, 2.24) is 10.6 Å². The number of rotatable bonds is 5. The van der Waals surface area contributed by atoms with Gasteiger partial charge >= 0.3 is 6.03 Å². The second-order valence-electron chi connectivity index (χ2n) is 3.55. The maximum atomic E-state index is 11.4. The van der Waals surface area contributed by atoms with Crippen molar-refractivity contribution in [1.29, 1.82) is 0 Å². The molecule has 1 aromatic carbocycles. The van der Waals surface area contributed by atoms with E-state index in [2.05, 4.69) is 10.6 Å². The standard InChI is InChI=1S/C12H18N2O2/c1-2-8-13-12(16)14-11(9-15)10-6-4-3-5-7-10/h3-7,11,15H,2,8-9H2,1H3,(H2,13,14,16). The Morgan fingerprint density at radius 3 is 2.62 bits per heavy atom. The van der Waals surface area contributed by atoms with Gasteiger partial charge in [-0.25, -0.2) is 4.79 Å². The molecule has 0 saturated carbocycles. The lowest BCUT2D eigenvalue weighted by Crippen LogP contribution is -2.39. The number of aliphatic hydroxyl groups excluding tert-OH is 1.